The molecule has 1 rings (SSSR count). The first-order valence-electron chi connectivity index (χ1n) is 3.89. The van der Waals surface area contributed by atoms with Crippen molar-refractivity contribution >= 4 is 17.7 Å². The lowest BCUT2D eigenvalue weighted by atomic mass is 10.2. The molecular formula is C8H10N2O3S. The van der Waals surface area contributed by atoms with Gasteiger partial charge in [-0.1, -0.05) is 11.8 Å². The number of aromatic nitrogens is 2. The Morgan fingerprint density at radius 3 is 2.79 bits per heavy atom. The molecule has 1 aromatic heterocycles. The van der Waals surface area contributed by atoms with E-state index in [0.29, 0.717) is 5.03 Å². The number of carboxylic acids is 1. The van der Waals surface area contributed by atoms with Crippen molar-refractivity contribution in [3.05, 3.63) is 22.7 Å². The summed E-state index contributed by atoms with van der Waals surface area (Å²) in [6, 6.07) is 1.27. The zero-order chi connectivity index (χ0) is 10.8. The Morgan fingerprint density at radius 2 is 2.29 bits per heavy atom. The molecule has 6 heteroatoms. The summed E-state index contributed by atoms with van der Waals surface area (Å²) in [5.74, 6) is -0.940. The van der Waals surface area contributed by atoms with Crippen LogP contribution >= 0.6 is 11.8 Å². The van der Waals surface area contributed by atoms with Gasteiger partial charge in [-0.15, -0.1) is 0 Å². The van der Waals surface area contributed by atoms with Crippen LogP contribution in [0.5, 0.6) is 0 Å². The molecule has 0 aliphatic heterocycles. The van der Waals surface area contributed by atoms with E-state index in [1.807, 2.05) is 0 Å². The van der Waals surface area contributed by atoms with Crippen LogP contribution < -0.4 is 5.56 Å². The van der Waals surface area contributed by atoms with Crippen molar-refractivity contribution in [3.8, 4) is 0 Å². The number of nitrogens with one attached hydrogen (secondary N) is 1. The molecular weight excluding hydrogens is 204 g/mol. The van der Waals surface area contributed by atoms with Gasteiger partial charge in [0.15, 0.2) is 0 Å². The van der Waals surface area contributed by atoms with Gasteiger partial charge in [-0.2, -0.15) is 0 Å². The first-order chi connectivity index (χ1) is 6.42. The maximum Gasteiger partial charge on any atom is 0.319 e. The van der Waals surface area contributed by atoms with Crippen LogP contribution in [0.3, 0.4) is 0 Å². The lowest BCUT2D eigenvalue weighted by molar-refractivity contribution is -0.138. The standard InChI is InChI=1S/C8H10N2O3S/c1-8(2,7(12)13)14-6-3-5(11)9-4-10-6/h3-4H,1-2H3,(H,12,13)(H,9,10,11). The monoisotopic (exact) mass is 214 g/mol. The maximum atomic E-state index is 10.9. The number of nitrogens with zero attached hydrogens (tertiary/aromatic N) is 1. The summed E-state index contributed by atoms with van der Waals surface area (Å²) >= 11 is 1.04. The topological polar surface area (TPSA) is 83.0 Å². The number of thioether (sulfide) groups is 1. The minimum absolute atomic E-state index is 0.288. The van der Waals surface area contributed by atoms with E-state index in [1.165, 1.54) is 12.4 Å². The number of rotatable bonds is 3. The summed E-state index contributed by atoms with van der Waals surface area (Å²) < 4.78 is -0.985. The van der Waals surface area contributed by atoms with Crippen LogP contribution in [0, 0.1) is 0 Å². The first kappa shape index (κ1) is 10.8. The van der Waals surface area contributed by atoms with Gasteiger partial charge in [0.05, 0.1) is 6.33 Å². The van der Waals surface area contributed by atoms with Gasteiger partial charge in [-0.3, -0.25) is 9.59 Å². The summed E-state index contributed by atoms with van der Waals surface area (Å²) in [5.41, 5.74) is -0.288. The molecule has 0 aliphatic rings. The number of hydrogen-bond acceptors (Lipinski definition) is 4. The second kappa shape index (κ2) is 3.83. The van der Waals surface area contributed by atoms with E-state index in [9.17, 15) is 9.59 Å². The summed E-state index contributed by atoms with van der Waals surface area (Å²) in [5, 5.41) is 9.24. The Bertz CT molecular complexity index is 400. The molecule has 0 radical (unpaired) electrons. The predicted molar refractivity (Wildman–Crippen MR) is 52.4 cm³/mol. The quantitative estimate of drug-likeness (QED) is 0.572. The fraction of sp³-hybridized carbons (Fsp3) is 0.375. The van der Waals surface area contributed by atoms with Crippen LogP contribution in [0.15, 0.2) is 22.2 Å². The Balaban J connectivity index is 2.89. The number of hydrogen-bond donors (Lipinski definition) is 2. The Hall–Kier alpha value is -1.30. The van der Waals surface area contributed by atoms with E-state index in [-0.39, 0.29) is 5.56 Å². The molecule has 1 heterocycles. The molecule has 1 aromatic rings. The zero-order valence-electron chi connectivity index (χ0n) is 7.77. The van der Waals surface area contributed by atoms with Gasteiger partial charge < -0.3 is 10.1 Å². The minimum atomic E-state index is -0.985. The van der Waals surface area contributed by atoms with Crippen LogP contribution in [-0.4, -0.2) is 25.8 Å². The highest BCUT2D eigenvalue weighted by Crippen LogP contribution is 2.30. The molecule has 0 saturated heterocycles. The van der Waals surface area contributed by atoms with Gasteiger partial charge in [0.1, 0.15) is 9.77 Å². The third-order valence-electron chi connectivity index (χ3n) is 1.53. The SMILES string of the molecule is CC(C)(Sc1cc(=O)[nH]cn1)C(=O)O. The van der Waals surface area contributed by atoms with Crippen molar-refractivity contribution in [2.75, 3.05) is 0 Å². The fourth-order valence-electron chi connectivity index (χ4n) is 0.711. The zero-order valence-corrected chi connectivity index (χ0v) is 8.59. The van der Waals surface area contributed by atoms with Crippen molar-refractivity contribution in [3.63, 3.8) is 0 Å². The molecule has 0 amide bonds. The Labute approximate surface area is 84.6 Å². The van der Waals surface area contributed by atoms with Crippen molar-refractivity contribution in [2.45, 2.75) is 23.6 Å². The largest absolute Gasteiger partial charge is 0.480 e. The van der Waals surface area contributed by atoms with Gasteiger partial charge in [-0.05, 0) is 13.8 Å². The molecule has 5 nitrogen and oxygen atoms in total. The summed E-state index contributed by atoms with van der Waals surface area (Å²) in [7, 11) is 0. The Morgan fingerprint density at radius 1 is 1.64 bits per heavy atom. The molecule has 0 bridgehead atoms. The van der Waals surface area contributed by atoms with Crippen LogP contribution in [0.25, 0.3) is 0 Å². The second-order valence-corrected chi connectivity index (χ2v) is 4.81. The van der Waals surface area contributed by atoms with Crippen LogP contribution in [0.2, 0.25) is 0 Å². The molecule has 76 valence electrons. The molecule has 14 heavy (non-hydrogen) atoms. The van der Waals surface area contributed by atoms with E-state index in [1.54, 1.807) is 13.8 Å². The third kappa shape index (κ3) is 2.59. The number of aromatic amines is 1. The van der Waals surface area contributed by atoms with Gasteiger partial charge in [-0.25, -0.2) is 4.98 Å². The van der Waals surface area contributed by atoms with E-state index < -0.39 is 10.7 Å². The van der Waals surface area contributed by atoms with Crippen molar-refractivity contribution in [2.24, 2.45) is 0 Å². The van der Waals surface area contributed by atoms with Crippen LogP contribution in [0.4, 0.5) is 0 Å². The van der Waals surface area contributed by atoms with Gasteiger partial charge in [0.25, 0.3) is 5.56 Å². The molecule has 2 N–H and O–H groups in total. The van der Waals surface area contributed by atoms with Gasteiger partial charge >= 0.3 is 5.97 Å². The summed E-state index contributed by atoms with van der Waals surface area (Å²) in [6.45, 7) is 3.12. The number of carbonyl (C=O) groups is 1. The molecule has 0 atom stereocenters. The highest BCUT2D eigenvalue weighted by atomic mass is 32.2. The highest BCUT2D eigenvalue weighted by molar-refractivity contribution is 8.01. The Kier molecular flexibility index (Phi) is 2.95. The van der Waals surface area contributed by atoms with E-state index >= 15 is 0 Å². The fourth-order valence-corrected chi connectivity index (χ4v) is 1.59. The molecule has 0 aromatic carbocycles. The van der Waals surface area contributed by atoms with Crippen LogP contribution in [0.1, 0.15) is 13.8 Å². The van der Waals surface area contributed by atoms with Gasteiger partial charge in [0.2, 0.25) is 0 Å². The average Bonchev–Trinajstić information content (AvgIpc) is 2.02. The van der Waals surface area contributed by atoms with Crippen molar-refractivity contribution < 1.29 is 9.90 Å². The molecule has 0 fully saturated rings. The second-order valence-electron chi connectivity index (χ2n) is 3.17. The highest BCUT2D eigenvalue weighted by Gasteiger charge is 2.29. The van der Waals surface area contributed by atoms with E-state index in [0.717, 1.165) is 11.8 Å². The maximum absolute atomic E-state index is 10.9. The number of aliphatic carboxylic acids is 1. The normalized spacial score (nSPS) is 11.3. The van der Waals surface area contributed by atoms with Crippen molar-refractivity contribution in [1.29, 1.82) is 0 Å². The smallest absolute Gasteiger partial charge is 0.319 e. The number of carboxylic acid groups (broad SMARTS) is 1. The third-order valence-corrected chi connectivity index (χ3v) is 2.65. The van der Waals surface area contributed by atoms with E-state index in [2.05, 4.69) is 9.97 Å². The minimum Gasteiger partial charge on any atom is -0.480 e. The van der Waals surface area contributed by atoms with Gasteiger partial charge in [0, 0.05) is 6.07 Å². The molecule has 0 saturated carbocycles. The van der Waals surface area contributed by atoms with Crippen molar-refractivity contribution in [1.82, 2.24) is 9.97 Å². The van der Waals surface area contributed by atoms with Crippen LogP contribution in [-0.2, 0) is 4.79 Å². The lowest BCUT2D eigenvalue weighted by Gasteiger charge is -2.16. The predicted octanol–water partition coefficient (Wildman–Crippen LogP) is 0.725. The summed E-state index contributed by atoms with van der Waals surface area (Å²) in [6.07, 6.45) is 1.25. The van der Waals surface area contributed by atoms with E-state index in [4.69, 9.17) is 5.11 Å². The molecule has 0 unspecified atom stereocenters. The first-order valence-corrected chi connectivity index (χ1v) is 4.70. The molecule has 0 aliphatic carbocycles. The summed E-state index contributed by atoms with van der Waals surface area (Å²) in [4.78, 5) is 27.9. The molecule has 0 spiro atoms. The number of H-pyrrole nitrogens is 1. The average molecular weight is 214 g/mol. The lowest BCUT2D eigenvalue weighted by Crippen LogP contribution is -2.27.